The smallest absolute Gasteiger partial charge is 0.343 e. The molecule has 0 bridgehead atoms. The number of halogens is 3. The number of amides is 1. The number of nitrogens with zero attached hydrogens (tertiary/aromatic N) is 1. The van der Waals surface area contributed by atoms with E-state index in [4.69, 9.17) is 0 Å². The van der Waals surface area contributed by atoms with Gasteiger partial charge in [-0.3, -0.25) is 4.79 Å². The van der Waals surface area contributed by atoms with Gasteiger partial charge in [0.25, 0.3) is 0 Å². The summed E-state index contributed by atoms with van der Waals surface area (Å²) in [5.41, 5.74) is 0. The lowest BCUT2D eigenvalue weighted by atomic mass is 10.2. The molecule has 7 heteroatoms. The fourth-order valence-corrected chi connectivity index (χ4v) is 4.37. The topological polar surface area (TPSA) is 20.3 Å². The Morgan fingerprint density at radius 1 is 1.39 bits per heavy atom. The van der Waals surface area contributed by atoms with Crippen molar-refractivity contribution in [2.45, 2.75) is 31.2 Å². The van der Waals surface area contributed by atoms with Gasteiger partial charge in [0.05, 0.1) is 6.42 Å². The summed E-state index contributed by atoms with van der Waals surface area (Å²) in [6, 6.07) is 0. The van der Waals surface area contributed by atoms with Gasteiger partial charge < -0.3 is 4.90 Å². The lowest BCUT2D eigenvalue weighted by Crippen LogP contribution is -2.36. The van der Waals surface area contributed by atoms with Gasteiger partial charge in [0.1, 0.15) is 0 Å². The maximum atomic E-state index is 12.1. The van der Waals surface area contributed by atoms with Gasteiger partial charge in [-0.15, -0.1) is 0 Å². The Kier molecular flexibility index (Phi) is 6.70. The van der Waals surface area contributed by atoms with Gasteiger partial charge in [-0.25, -0.2) is 0 Å². The third-order valence-electron chi connectivity index (χ3n) is 2.69. The van der Waals surface area contributed by atoms with Gasteiger partial charge in [0, 0.05) is 42.0 Å². The Morgan fingerprint density at radius 2 is 2.11 bits per heavy atom. The molecule has 1 rings (SSSR count). The molecule has 0 aliphatic carbocycles. The van der Waals surface area contributed by atoms with Gasteiger partial charge in [0.15, 0.2) is 0 Å². The number of thioether (sulfide) groups is 2. The molecule has 1 amide bonds. The van der Waals surface area contributed by atoms with Crippen LogP contribution in [0.1, 0.15) is 19.8 Å². The summed E-state index contributed by atoms with van der Waals surface area (Å²) in [4.78, 5) is 13.2. The number of alkyl halides is 3. The molecule has 0 aromatic rings. The monoisotopic (exact) mass is 301 g/mol. The summed E-state index contributed by atoms with van der Waals surface area (Å²) < 4.78 is 36.4. The van der Waals surface area contributed by atoms with E-state index >= 15 is 0 Å². The predicted octanol–water partition coefficient (Wildman–Crippen LogP) is 3.03. The van der Waals surface area contributed by atoms with Crippen LogP contribution in [0, 0.1) is 0 Å². The maximum Gasteiger partial charge on any atom is 0.390 e. The predicted molar refractivity (Wildman–Crippen MR) is 71.1 cm³/mol. The maximum absolute atomic E-state index is 12.1. The zero-order valence-corrected chi connectivity index (χ0v) is 12.0. The third kappa shape index (κ3) is 6.22. The van der Waals surface area contributed by atoms with Crippen LogP contribution in [0.3, 0.4) is 0 Å². The summed E-state index contributed by atoms with van der Waals surface area (Å²) in [6.45, 7) is 1.85. The van der Waals surface area contributed by atoms with E-state index in [-0.39, 0.29) is 17.7 Å². The second kappa shape index (κ2) is 7.53. The Hall–Kier alpha value is -0.0400. The second-order valence-electron chi connectivity index (χ2n) is 4.11. The van der Waals surface area contributed by atoms with Crippen molar-refractivity contribution < 1.29 is 18.0 Å². The van der Waals surface area contributed by atoms with Crippen molar-refractivity contribution in [3.63, 3.8) is 0 Å². The van der Waals surface area contributed by atoms with Crippen LogP contribution in [0.2, 0.25) is 0 Å². The normalized spacial score (nSPS) is 20.8. The van der Waals surface area contributed by atoms with Crippen LogP contribution < -0.4 is 0 Å². The molecule has 0 unspecified atom stereocenters. The zero-order chi connectivity index (χ0) is 13.6. The molecule has 0 N–H and O–H groups in total. The highest BCUT2D eigenvalue weighted by Crippen LogP contribution is 2.27. The molecule has 0 aromatic carbocycles. The van der Waals surface area contributed by atoms with Crippen molar-refractivity contribution in [2.24, 2.45) is 0 Å². The molecule has 1 fully saturated rings. The van der Waals surface area contributed by atoms with Gasteiger partial charge in [-0.2, -0.15) is 36.7 Å². The molecule has 0 aromatic heterocycles. The zero-order valence-electron chi connectivity index (χ0n) is 10.3. The van der Waals surface area contributed by atoms with E-state index in [1.807, 2.05) is 11.8 Å². The molecule has 1 saturated heterocycles. The van der Waals surface area contributed by atoms with E-state index in [0.717, 1.165) is 17.3 Å². The standard InChI is InChI=1S/C11H18F3NOS2/c1-2-15(4-3-11(12,13)14)10(16)7-9-8-17-5-6-18-9/h9H,2-8H2,1H3/t9-/m0/s1. The first-order valence-electron chi connectivity index (χ1n) is 5.96. The van der Waals surface area contributed by atoms with Crippen molar-refractivity contribution in [3.05, 3.63) is 0 Å². The average molecular weight is 301 g/mol. The quantitative estimate of drug-likeness (QED) is 0.778. The molecule has 1 heterocycles. The molecule has 1 aliphatic heterocycles. The minimum Gasteiger partial charge on any atom is -0.343 e. The van der Waals surface area contributed by atoms with Crippen molar-refractivity contribution in [1.29, 1.82) is 0 Å². The number of hydrogen-bond acceptors (Lipinski definition) is 3. The van der Waals surface area contributed by atoms with Gasteiger partial charge in [-0.1, -0.05) is 0 Å². The molecule has 2 nitrogen and oxygen atoms in total. The fraction of sp³-hybridized carbons (Fsp3) is 0.909. The Labute approximate surface area is 114 Å². The fourth-order valence-electron chi connectivity index (χ4n) is 1.70. The van der Waals surface area contributed by atoms with Crippen LogP contribution in [0.15, 0.2) is 0 Å². The van der Waals surface area contributed by atoms with Crippen LogP contribution in [0.4, 0.5) is 13.2 Å². The molecule has 0 radical (unpaired) electrons. The summed E-state index contributed by atoms with van der Waals surface area (Å²) in [5, 5.41) is 0.260. The van der Waals surface area contributed by atoms with Crippen LogP contribution in [-0.2, 0) is 4.79 Å². The molecule has 18 heavy (non-hydrogen) atoms. The first-order valence-corrected chi connectivity index (χ1v) is 8.16. The number of carbonyl (C=O) groups is 1. The minimum absolute atomic E-state index is 0.151. The minimum atomic E-state index is -4.19. The number of hydrogen-bond donors (Lipinski definition) is 0. The molecule has 106 valence electrons. The SMILES string of the molecule is CCN(CCC(F)(F)F)C(=O)C[C@H]1CSCCS1. The van der Waals surface area contributed by atoms with E-state index in [0.29, 0.717) is 13.0 Å². The molecular weight excluding hydrogens is 283 g/mol. The second-order valence-corrected chi connectivity index (χ2v) is 6.67. The van der Waals surface area contributed by atoms with Crippen LogP contribution in [0.5, 0.6) is 0 Å². The largest absolute Gasteiger partial charge is 0.390 e. The summed E-state index contributed by atoms with van der Waals surface area (Å²) >= 11 is 3.56. The van der Waals surface area contributed by atoms with E-state index in [2.05, 4.69) is 0 Å². The van der Waals surface area contributed by atoms with E-state index < -0.39 is 12.6 Å². The molecule has 1 atom stereocenters. The highest BCUT2D eigenvalue weighted by molar-refractivity contribution is 8.06. The van der Waals surface area contributed by atoms with Crippen molar-refractivity contribution in [3.8, 4) is 0 Å². The number of rotatable bonds is 5. The lowest BCUT2D eigenvalue weighted by Gasteiger charge is -2.26. The van der Waals surface area contributed by atoms with Crippen LogP contribution >= 0.6 is 23.5 Å². The van der Waals surface area contributed by atoms with Crippen molar-refractivity contribution >= 4 is 29.4 Å². The van der Waals surface area contributed by atoms with Gasteiger partial charge in [0.2, 0.25) is 5.91 Å². The van der Waals surface area contributed by atoms with Crippen LogP contribution in [-0.4, -0.2) is 52.6 Å². The Morgan fingerprint density at radius 3 is 2.61 bits per heavy atom. The lowest BCUT2D eigenvalue weighted by molar-refractivity contribution is -0.145. The highest BCUT2D eigenvalue weighted by Gasteiger charge is 2.29. The Balaban J connectivity index is 2.36. The molecule has 1 aliphatic rings. The molecule has 0 spiro atoms. The average Bonchev–Trinajstić information content (AvgIpc) is 2.29. The van der Waals surface area contributed by atoms with E-state index in [9.17, 15) is 18.0 Å². The molecular formula is C11H18F3NOS2. The first kappa shape index (κ1) is 16.0. The third-order valence-corrected chi connectivity index (χ3v) is 5.53. The molecule has 0 saturated carbocycles. The van der Waals surface area contributed by atoms with Gasteiger partial charge >= 0.3 is 6.18 Å². The Bertz CT molecular complexity index is 268. The van der Waals surface area contributed by atoms with Crippen LogP contribution in [0.25, 0.3) is 0 Å². The van der Waals surface area contributed by atoms with Gasteiger partial charge in [-0.05, 0) is 6.92 Å². The summed E-state index contributed by atoms with van der Waals surface area (Å²) in [5.74, 6) is 2.90. The van der Waals surface area contributed by atoms with Crippen molar-refractivity contribution in [2.75, 3.05) is 30.3 Å². The highest BCUT2D eigenvalue weighted by atomic mass is 32.2. The number of carbonyl (C=O) groups excluding carboxylic acids is 1. The van der Waals surface area contributed by atoms with Crippen molar-refractivity contribution in [1.82, 2.24) is 4.90 Å². The summed E-state index contributed by atoms with van der Waals surface area (Å²) in [7, 11) is 0. The van der Waals surface area contributed by atoms with E-state index in [1.54, 1.807) is 18.7 Å². The van der Waals surface area contributed by atoms with E-state index in [1.165, 1.54) is 4.90 Å². The summed E-state index contributed by atoms with van der Waals surface area (Å²) in [6.07, 6.45) is -4.74. The first-order chi connectivity index (χ1) is 8.42.